The van der Waals surface area contributed by atoms with Gasteiger partial charge in [-0.05, 0) is 29.5 Å². The van der Waals surface area contributed by atoms with Crippen LogP contribution in [0.5, 0.6) is 0 Å². The SMILES string of the molecule is CC(Cc1ccc2c(c1)CC=C2)C(=O)O. The van der Waals surface area contributed by atoms with Gasteiger partial charge in [-0.2, -0.15) is 0 Å². The van der Waals surface area contributed by atoms with Gasteiger partial charge >= 0.3 is 5.97 Å². The van der Waals surface area contributed by atoms with Crippen molar-refractivity contribution >= 4 is 12.0 Å². The van der Waals surface area contributed by atoms with Crippen LogP contribution in [0.15, 0.2) is 24.3 Å². The summed E-state index contributed by atoms with van der Waals surface area (Å²) in [7, 11) is 0. The first-order valence-electron chi connectivity index (χ1n) is 5.18. The third kappa shape index (κ3) is 2.09. The van der Waals surface area contributed by atoms with Gasteiger partial charge in [0.1, 0.15) is 0 Å². The Morgan fingerprint density at radius 3 is 3.07 bits per heavy atom. The standard InChI is InChI=1S/C13H14O2/c1-9(13(14)15)7-10-5-6-11-3-2-4-12(11)8-10/h2-3,5-6,8-9H,4,7H2,1H3,(H,14,15). The van der Waals surface area contributed by atoms with E-state index in [1.54, 1.807) is 6.92 Å². The second-order valence-electron chi connectivity index (χ2n) is 4.08. The highest BCUT2D eigenvalue weighted by molar-refractivity contribution is 5.70. The summed E-state index contributed by atoms with van der Waals surface area (Å²) >= 11 is 0. The molecule has 0 aliphatic heterocycles. The van der Waals surface area contributed by atoms with Crippen LogP contribution in [0.25, 0.3) is 6.08 Å². The van der Waals surface area contributed by atoms with E-state index in [0.29, 0.717) is 6.42 Å². The molecule has 0 bridgehead atoms. The van der Waals surface area contributed by atoms with Gasteiger partial charge in [0, 0.05) is 0 Å². The molecule has 78 valence electrons. The molecule has 2 nitrogen and oxygen atoms in total. The van der Waals surface area contributed by atoms with Gasteiger partial charge in [-0.3, -0.25) is 4.79 Å². The molecule has 0 heterocycles. The lowest BCUT2D eigenvalue weighted by Crippen LogP contribution is -2.12. The van der Waals surface area contributed by atoms with Crippen molar-refractivity contribution in [3.8, 4) is 0 Å². The van der Waals surface area contributed by atoms with Crippen molar-refractivity contribution in [1.29, 1.82) is 0 Å². The van der Waals surface area contributed by atoms with Crippen molar-refractivity contribution in [2.75, 3.05) is 0 Å². The Bertz CT molecular complexity index is 419. The first kappa shape index (κ1) is 9.97. The van der Waals surface area contributed by atoms with Crippen molar-refractivity contribution in [2.24, 2.45) is 5.92 Å². The van der Waals surface area contributed by atoms with Crippen LogP contribution in [-0.4, -0.2) is 11.1 Å². The molecule has 1 aromatic carbocycles. The van der Waals surface area contributed by atoms with Crippen molar-refractivity contribution in [3.05, 3.63) is 41.0 Å². The zero-order chi connectivity index (χ0) is 10.8. The maximum absolute atomic E-state index is 10.7. The van der Waals surface area contributed by atoms with E-state index < -0.39 is 5.97 Å². The molecule has 0 fully saturated rings. The lowest BCUT2D eigenvalue weighted by Gasteiger charge is -2.08. The van der Waals surface area contributed by atoms with Gasteiger partial charge in [0.15, 0.2) is 0 Å². The molecule has 1 aliphatic rings. The van der Waals surface area contributed by atoms with Gasteiger partial charge in [-0.25, -0.2) is 0 Å². The topological polar surface area (TPSA) is 37.3 Å². The number of hydrogen-bond acceptors (Lipinski definition) is 1. The Labute approximate surface area is 89.2 Å². The zero-order valence-electron chi connectivity index (χ0n) is 8.73. The van der Waals surface area contributed by atoms with Crippen LogP contribution in [0.1, 0.15) is 23.6 Å². The molecular formula is C13H14O2. The molecule has 0 amide bonds. The monoisotopic (exact) mass is 202 g/mol. The predicted molar refractivity (Wildman–Crippen MR) is 59.7 cm³/mol. The van der Waals surface area contributed by atoms with Gasteiger partial charge in [-0.15, -0.1) is 0 Å². The van der Waals surface area contributed by atoms with Gasteiger partial charge in [0.25, 0.3) is 0 Å². The number of allylic oxidation sites excluding steroid dienone is 1. The molecule has 1 aliphatic carbocycles. The number of fused-ring (bicyclic) bond motifs is 1. The molecule has 0 aromatic heterocycles. The predicted octanol–water partition coefficient (Wildman–Crippen LogP) is 2.52. The molecule has 0 radical (unpaired) electrons. The number of benzene rings is 1. The van der Waals surface area contributed by atoms with Crippen LogP contribution in [0.2, 0.25) is 0 Å². The molecule has 0 saturated heterocycles. The molecule has 0 saturated carbocycles. The second kappa shape index (κ2) is 3.89. The van der Waals surface area contributed by atoms with Gasteiger partial charge in [0.2, 0.25) is 0 Å². The van der Waals surface area contributed by atoms with Crippen molar-refractivity contribution < 1.29 is 9.90 Å². The summed E-state index contributed by atoms with van der Waals surface area (Å²) in [5.74, 6) is -1.04. The van der Waals surface area contributed by atoms with Crippen molar-refractivity contribution in [3.63, 3.8) is 0 Å². The first-order valence-corrected chi connectivity index (χ1v) is 5.18. The van der Waals surface area contributed by atoms with E-state index >= 15 is 0 Å². The Morgan fingerprint density at radius 1 is 1.53 bits per heavy atom. The minimum atomic E-state index is -0.728. The van der Waals surface area contributed by atoms with Crippen LogP contribution in [-0.2, 0) is 17.6 Å². The fourth-order valence-electron chi connectivity index (χ4n) is 1.88. The lowest BCUT2D eigenvalue weighted by molar-refractivity contribution is -0.141. The lowest BCUT2D eigenvalue weighted by atomic mass is 9.98. The molecule has 15 heavy (non-hydrogen) atoms. The van der Waals surface area contributed by atoms with Crippen molar-refractivity contribution in [1.82, 2.24) is 0 Å². The Hall–Kier alpha value is -1.57. The molecule has 1 N–H and O–H groups in total. The third-order valence-corrected chi connectivity index (χ3v) is 2.81. The maximum atomic E-state index is 10.7. The number of carboxylic acid groups (broad SMARTS) is 1. The molecule has 1 unspecified atom stereocenters. The van der Waals surface area contributed by atoms with E-state index in [2.05, 4.69) is 24.3 Å². The number of carboxylic acids is 1. The minimum Gasteiger partial charge on any atom is -0.481 e. The molecule has 2 heteroatoms. The van der Waals surface area contributed by atoms with E-state index in [4.69, 9.17) is 5.11 Å². The number of rotatable bonds is 3. The molecule has 1 aromatic rings. The Morgan fingerprint density at radius 2 is 2.33 bits per heavy atom. The summed E-state index contributed by atoms with van der Waals surface area (Å²) in [6, 6.07) is 6.21. The van der Waals surface area contributed by atoms with Crippen LogP contribution in [0.4, 0.5) is 0 Å². The van der Waals surface area contributed by atoms with Crippen LogP contribution < -0.4 is 0 Å². The Balaban J connectivity index is 2.15. The number of hydrogen-bond donors (Lipinski definition) is 1. The largest absolute Gasteiger partial charge is 0.481 e. The normalized spacial score (nSPS) is 15.0. The first-order chi connectivity index (χ1) is 7.16. The van der Waals surface area contributed by atoms with Gasteiger partial charge < -0.3 is 5.11 Å². The fourth-order valence-corrected chi connectivity index (χ4v) is 1.88. The zero-order valence-corrected chi connectivity index (χ0v) is 8.73. The average molecular weight is 202 g/mol. The third-order valence-electron chi connectivity index (χ3n) is 2.81. The fraction of sp³-hybridized carbons (Fsp3) is 0.308. The summed E-state index contributed by atoms with van der Waals surface area (Å²) in [5, 5.41) is 8.82. The summed E-state index contributed by atoms with van der Waals surface area (Å²) in [6.07, 6.45) is 5.84. The van der Waals surface area contributed by atoms with E-state index in [1.807, 2.05) is 6.07 Å². The number of carbonyl (C=O) groups is 1. The quantitative estimate of drug-likeness (QED) is 0.817. The molecule has 0 spiro atoms. The minimum absolute atomic E-state index is 0.308. The highest BCUT2D eigenvalue weighted by Gasteiger charge is 2.13. The van der Waals surface area contributed by atoms with Crippen molar-refractivity contribution in [2.45, 2.75) is 19.8 Å². The van der Waals surface area contributed by atoms with E-state index in [0.717, 1.165) is 12.0 Å². The molecular weight excluding hydrogens is 188 g/mol. The number of aliphatic carboxylic acids is 1. The van der Waals surface area contributed by atoms with Gasteiger partial charge in [0.05, 0.1) is 5.92 Å². The van der Waals surface area contributed by atoms with E-state index in [9.17, 15) is 4.79 Å². The summed E-state index contributed by atoms with van der Waals surface area (Å²) in [6.45, 7) is 1.74. The van der Waals surface area contributed by atoms with Crippen LogP contribution in [0, 0.1) is 5.92 Å². The smallest absolute Gasteiger partial charge is 0.306 e. The summed E-state index contributed by atoms with van der Waals surface area (Å²) in [5.41, 5.74) is 3.69. The Kier molecular flexibility index (Phi) is 2.58. The molecule has 1 atom stereocenters. The molecule has 2 rings (SSSR count). The summed E-state index contributed by atoms with van der Waals surface area (Å²) < 4.78 is 0. The van der Waals surface area contributed by atoms with E-state index in [1.165, 1.54) is 11.1 Å². The van der Waals surface area contributed by atoms with Gasteiger partial charge in [-0.1, -0.05) is 37.3 Å². The van der Waals surface area contributed by atoms with Crippen LogP contribution >= 0.6 is 0 Å². The average Bonchev–Trinajstić information content (AvgIpc) is 2.64. The van der Waals surface area contributed by atoms with Crippen LogP contribution in [0.3, 0.4) is 0 Å². The highest BCUT2D eigenvalue weighted by atomic mass is 16.4. The second-order valence-corrected chi connectivity index (χ2v) is 4.08. The highest BCUT2D eigenvalue weighted by Crippen LogP contribution is 2.21. The van der Waals surface area contributed by atoms with E-state index in [-0.39, 0.29) is 5.92 Å². The summed E-state index contributed by atoms with van der Waals surface area (Å²) in [4.78, 5) is 10.7. The maximum Gasteiger partial charge on any atom is 0.306 e.